The molecule has 6 nitrogen and oxygen atoms in total. The van der Waals surface area contributed by atoms with Crippen LogP contribution in [0.2, 0.25) is 0 Å². The molecule has 1 aliphatic heterocycles. The Morgan fingerprint density at radius 2 is 1.82 bits per heavy atom. The summed E-state index contributed by atoms with van der Waals surface area (Å²) in [5, 5.41) is 11.5. The van der Waals surface area contributed by atoms with E-state index in [9.17, 15) is 27.9 Å². The zero-order chi connectivity index (χ0) is 21.1. The van der Waals surface area contributed by atoms with E-state index in [0.29, 0.717) is 18.8 Å². The normalized spacial score (nSPS) is 16.0. The average molecular weight is 402 g/mol. The summed E-state index contributed by atoms with van der Waals surface area (Å²) in [7, 11) is 0. The van der Waals surface area contributed by atoms with Gasteiger partial charge in [0.25, 0.3) is 0 Å². The van der Waals surface area contributed by atoms with Crippen molar-refractivity contribution in [1.29, 1.82) is 0 Å². The van der Waals surface area contributed by atoms with Gasteiger partial charge in [0.2, 0.25) is 0 Å². The molecule has 0 aromatic heterocycles. The molecule has 1 saturated heterocycles. The smallest absolute Gasteiger partial charge is 0.416 e. The van der Waals surface area contributed by atoms with E-state index in [1.165, 1.54) is 6.07 Å². The standard InChI is InChI=1S/C19H25F3N2O4/c1-18(2,3)28-17(27)23-15(16(25)26)10-12-6-7-13(24-8-4-5-9-24)11-14(12)19(20,21)22/h6-7,11,15H,4-5,8-10H2,1-3H3,(H,23,27)(H,25,26). The van der Waals surface area contributed by atoms with Crippen molar-refractivity contribution in [3.05, 3.63) is 29.3 Å². The van der Waals surface area contributed by atoms with Crippen molar-refractivity contribution in [3.8, 4) is 0 Å². The molecule has 9 heteroatoms. The van der Waals surface area contributed by atoms with E-state index in [-0.39, 0.29) is 5.56 Å². The van der Waals surface area contributed by atoms with Crippen molar-refractivity contribution in [2.24, 2.45) is 0 Å². The van der Waals surface area contributed by atoms with Gasteiger partial charge in [0.1, 0.15) is 11.6 Å². The number of nitrogens with one attached hydrogen (secondary N) is 1. The maximum Gasteiger partial charge on any atom is 0.416 e. The Morgan fingerprint density at radius 1 is 1.21 bits per heavy atom. The number of benzene rings is 1. The number of carboxylic acid groups (broad SMARTS) is 1. The van der Waals surface area contributed by atoms with Crippen LogP contribution in [0.25, 0.3) is 0 Å². The van der Waals surface area contributed by atoms with Gasteiger partial charge in [0.15, 0.2) is 0 Å². The van der Waals surface area contributed by atoms with Gasteiger partial charge in [-0.25, -0.2) is 9.59 Å². The lowest BCUT2D eigenvalue weighted by Crippen LogP contribution is -2.44. The zero-order valence-electron chi connectivity index (χ0n) is 16.1. The predicted octanol–water partition coefficient (Wildman–Crippen LogP) is 3.83. The highest BCUT2D eigenvalue weighted by Gasteiger charge is 2.36. The molecule has 28 heavy (non-hydrogen) atoms. The molecule has 1 aromatic rings. The van der Waals surface area contributed by atoms with Crippen LogP contribution in [0.4, 0.5) is 23.7 Å². The maximum absolute atomic E-state index is 13.6. The second-order valence-corrected chi connectivity index (χ2v) is 7.77. The third-order valence-corrected chi connectivity index (χ3v) is 4.28. The van der Waals surface area contributed by atoms with Crippen LogP contribution in [0.3, 0.4) is 0 Å². The van der Waals surface area contributed by atoms with Crippen LogP contribution in [0.5, 0.6) is 0 Å². The number of alkyl carbamates (subject to hydrolysis) is 1. The summed E-state index contributed by atoms with van der Waals surface area (Å²) in [6.45, 7) is 6.17. The average Bonchev–Trinajstić information content (AvgIpc) is 3.06. The van der Waals surface area contributed by atoms with Crippen molar-refractivity contribution in [2.45, 2.75) is 57.9 Å². The Kier molecular flexibility index (Phi) is 6.46. The third kappa shape index (κ3) is 6.03. The summed E-state index contributed by atoms with van der Waals surface area (Å²) in [6.07, 6.45) is -4.31. The van der Waals surface area contributed by atoms with Crippen molar-refractivity contribution in [3.63, 3.8) is 0 Å². The van der Waals surface area contributed by atoms with E-state index in [1.54, 1.807) is 26.8 Å². The van der Waals surface area contributed by atoms with Gasteiger partial charge in [-0.2, -0.15) is 13.2 Å². The molecular weight excluding hydrogens is 377 g/mol. The number of carboxylic acids is 1. The molecule has 1 aromatic carbocycles. The Hall–Kier alpha value is -2.45. The number of hydrogen-bond donors (Lipinski definition) is 2. The number of halogens is 3. The lowest BCUT2D eigenvalue weighted by molar-refractivity contribution is -0.141. The Labute approximate surface area is 161 Å². The van der Waals surface area contributed by atoms with E-state index >= 15 is 0 Å². The van der Waals surface area contributed by atoms with Gasteiger partial charge in [-0.05, 0) is 51.3 Å². The van der Waals surface area contributed by atoms with Crippen molar-refractivity contribution >= 4 is 17.7 Å². The fourth-order valence-corrected chi connectivity index (χ4v) is 3.05. The van der Waals surface area contributed by atoms with Crippen LogP contribution >= 0.6 is 0 Å². The molecule has 0 bridgehead atoms. The first kappa shape index (κ1) is 21.8. The minimum absolute atomic E-state index is 0.195. The van der Waals surface area contributed by atoms with Crippen molar-refractivity contribution in [2.75, 3.05) is 18.0 Å². The lowest BCUT2D eigenvalue weighted by Gasteiger charge is -2.24. The summed E-state index contributed by atoms with van der Waals surface area (Å²) in [6, 6.07) is 2.34. The number of alkyl halides is 3. The second kappa shape index (κ2) is 8.28. The minimum atomic E-state index is -4.64. The number of carbonyl (C=O) groups is 2. The van der Waals surface area contributed by atoms with Gasteiger partial charge in [-0.15, -0.1) is 0 Å². The largest absolute Gasteiger partial charge is 0.480 e. The van der Waals surface area contributed by atoms with Crippen LogP contribution in [0, 0.1) is 0 Å². The second-order valence-electron chi connectivity index (χ2n) is 7.77. The number of carbonyl (C=O) groups excluding carboxylic acids is 1. The highest BCUT2D eigenvalue weighted by molar-refractivity contribution is 5.80. The molecule has 0 aliphatic carbocycles. The Morgan fingerprint density at radius 3 is 2.32 bits per heavy atom. The fraction of sp³-hybridized carbons (Fsp3) is 0.579. The highest BCUT2D eigenvalue weighted by atomic mass is 19.4. The van der Waals surface area contributed by atoms with Gasteiger partial charge in [0.05, 0.1) is 5.56 Å². The number of amides is 1. The molecule has 156 valence electrons. The van der Waals surface area contributed by atoms with E-state index in [2.05, 4.69) is 5.32 Å². The summed E-state index contributed by atoms with van der Waals surface area (Å²) < 4.78 is 45.7. The highest BCUT2D eigenvalue weighted by Crippen LogP contribution is 2.36. The first-order valence-electron chi connectivity index (χ1n) is 9.04. The minimum Gasteiger partial charge on any atom is -0.480 e. The molecule has 0 radical (unpaired) electrons. The Balaban J connectivity index is 2.25. The molecule has 1 fully saturated rings. The van der Waals surface area contributed by atoms with E-state index in [1.807, 2.05) is 4.90 Å². The summed E-state index contributed by atoms with van der Waals surface area (Å²) in [4.78, 5) is 25.2. The van der Waals surface area contributed by atoms with Gasteiger partial charge >= 0.3 is 18.2 Å². The van der Waals surface area contributed by atoms with E-state index < -0.39 is 41.9 Å². The van der Waals surface area contributed by atoms with Gasteiger partial charge in [-0.3, -0.25) is 0 Å². The predicted molar refractivity (Wildman–Crippen MR) is 97.4 cm³/mol. The summed E-state index contributed by atoms with van der Waals surface area (Å²) in [5.41, 5.74) is -1.49. The van der Waals surface area contributed by atoms with Crippen LogP contribution in [-0.2, 0) is 22.1 Å². The fourth-order valence-electron chi connectivity index (χ4n) is 3.05. The monoisotopic (exact) mass is 402 g/mol. The van der Waals surface area contributed by atoms with Crippen molar-refractivity contribution < 1.29 is 32.6 Å². The van der Waals surface area contributed by atoms with E-state index in [0.717, 1.165) is 18.9 Å². The maximum atomic E-state index is 13.6. The lowest BCUT2D eigenvalue weighted by atomic mass is 9.98. The molecule has 2 N–H and O–H groups in total. The third-order valence-electron chi connectivity index (χ3n) is 4.28. The van der Waals surface area contributed by atoms with Gasteiger partial charge in [0, 0.05) is 25.2 Å². The number of nitrogens with zero attached hydrogens (tertiary/aromatic N) is 1. The number of anilines is 1. The first-order chi connectivity index (χ1) is 12.9. The Bertz CT molecular complexity index is 723. The number of ether oxygens (including phenoxy) is 1. The molecule has 1 unspecified atom stereocenters. The van der Waals surface area contributed by atoms with Crippen LogP contribution < -0.4 is 10.2 Å². The molecular formula is C19H25F3N2O4. The molecule has 1 heterocycles. The number of hydrogen-bond acceptors (Lipinski definition) is 4. The summed E-state index contributed by atoms with van der Waals surface area (Å²) in [5.74, 6) is -1.44. The number of aliphatic carboxylic acids is 1. The van der Waals surface area contributed by atoms with E-state index in [4.69, 9.17) is 4.74 Å². The molecule has 1 aliphatic rings. The van der Waals surface area contributed by atoms with Crippen LogP contribution in [-0.4, -0.2) is 41.9 Å². The summed E-state index contributed by atoms with van der Waals surface area (Å²) >= 11 is 0. The SMILES string of the molecule is CC(C)(C)OC(=O)NC(Cc1ccc(N2CCCC2)cc1C(F)(F)F)C(=O)O. The topological polar surface area (TPSA) is 78.9 Å². The molecule has 0 spiro atoms. The van der Waals surface area contributed by atoms with Crippen LogP contribution in [0.15, 0.2) is 18.2 Å². The van der Waals surface area contributed by atoms with Gasteiger partial charge < -0.3 is 20.1 Å². The molecule has 1 atom stereocenters. The first-order valence-corrected chi connectivity index (χ1v) is 9.04. The zero-order valence-corrected chi connectivity index (χ0v) is 16.1. The van der Waals surface area contributed by atoms with Crippen molar-refractivity contribution in [1.82, 2.24) is 5.32 Å². The van der Waals surface area contributed by atoms with Crippen LogP contribution in [0.1, 0.15) is 44.7 Å². The van der Waals surface area contributed by atoms with Gasteiger partial charge in [-0.1, -0.05) is 6.07 Å². The molecule has 0 saturated carbocycles. The molecule has 1 amide bonds. The quantitative estimate of drug-likeness (QED) is 0.783. The molecule has 2 rings (SSSR count). The number of rotatable bonds is 5.